The number of nitrogens with one attached hydrogen (secondary N) is 1. The van der Waals surface area contributed by atoms with Gasteiger partial charge in [0.2, 0.25) is 5.91 Å². The highest BCUT2D eigenvalue weighted by atomic mass is 16.1. The van der Waals surface area contributed by atoms with E-state index in [0.717, 1.165) is 30.8 Å². The summed E-state index contributed by atoms with van der Waals surface area (Å²) in [5.41, 5.74) is 0.188. The van der Waals surface area contributed by atoms with Crippen LogP contribution in [0.3, 0.4) is 0 Å². The summed E-state index contributed by atoms with van der Waals surface area (Å²) in [6, 6.07) is 0. The van der Waals surface area contributed by atoms with Gasteiger partial charge in [0, 0.05) is 18.5 Å². The number of rotatable bonds is 7. The summed E-state index contributed by atoms with van der Waals surface area (Å²) in [4.78, 5) is 14.7. The molecule has 4 saturated carbocycles. The molecule has 0 aromatic carbocycles. The molecule has 0 aromatic rings. The highest BCUT2D eigenvalue weighted by Gasteiger charge is 2.51. The first-order chi connectivity index (χ1) is 10.1. The third-order valence-electron chi connectivity index (χ3n) is 6.06. The SMILES string of the molecule is CCCCN(C)CCC(=O)NC12CC3CC(CC(C3)C1)C2. The van der Waals surface area contributed by atoms with E-state index in [4.69, 9.17) is 0 Å². The van der Waals surface area contributed by atoms with Crippen LogP contribution in [0.5, 0.6) is 0 Å². The number of hydrogen-bond donors (Lipinski definition) is 1. The lowest BCUT2D eigenvalue weighted by atomic mass is 9.53. The minimum atomic E-state index is 0.188. The van der Waals surface area contributed by atoms with Crippen molar-refractivity contribution in [1.82, 2.24) is 10.2 Å². The smallest absolute Gasteiger partial charge is 0.221 e. The molecule has 1 amide bonds. The summed E-state index contributed by atoms with van der Waals surface area (Å²) >= 11 is 0. The molecule has 0 aromatic heterocycles. The molecular formula is C18H32N2O. The first kappa shape index (κ1) is 15.3. The fourth-order valence-electron chi connectivity index (χ4n) is 5.45. The Morgan fingerprint density at radius 1 is 1.10 bits per heavy atom. The van der Waals surface area contributed by atoms with Gasteiger partial charge in [-0.05, 0) is 76.3 Å². The second kappa shape index (κ2) is 6.28. The lowest BCUT2D eigenvalue weighted by Gasteiger charge is -2.57. The van der Waals surface area contributed by atoms with Gasteiger partial charge >= 0.3 is 0 Å². The second-order valence-corrected chi connectivity index (χ2v) is 8.15. The van der Waals surface area contributed by atoms with Crippen molar-refractivity contribution in [2.75, 3.05) is 20.1 Å². The quantitative estimate of drug-likeness (QED) is 0.781. The molecule has 4 fully saturated rings. The number of hydrogen-bond acceptors (Lipinski definition) is 2. The molecule has 0 saturated heterocycles. The molecule has 4 rings (SSSR count). The number of amides is 1. The molecule has 0 radical (unpaired) electrons. The molecule has 4 aliphatic carbocycles. The molecule has 0 heterocycles. The summed E-state index contributed by atoms with van der Waals surface area (Å²) in [5, 5.41) is 3.47. The van der Waals surface area contributed by atoms with E-state index in [1.54, 1.807) is 0 Å². The maximum atomic E-state index is 12.4. The van der Waals surface area contributed by atoms with Gasteiger partial charge in [0.05, 0.1) is 0 Å². The van der Waals surface area contributed by atoms with Crippen molar-refractivity contribution >= 4 is 5.91 Å². The Labute approximate surface area is 129 Å². The standard InChI is InChI=1S/C18H32N2O/c1-3-4-6-20(2)7-5-17(21)19-18-11-14-8-15(12-18)10-16(9-14)13-18/h14-16H,3-13H2,1-2H3,(H,19,21). The van der Waals surface area contributed by atoms with E-state index in [-0.39, 0.29) is 5.54 Å². The zero-order chi connectivity index (χ0) is 14.9. The van der Waals surface area contributed by atoms with Gasteiger partial charge < -0.3 is 10.2 Å². The molecule has 3 heteroatoms. The summed E-state index contributed by atoms with van der Waals surface area (Å²) in [5.74, 6) is 3.01. The van der Waals surface area contributed by atoms with Crippen molar-refractivity contribution < 1.29 is 4.79 Å². The van der Waals surface area contributed by atoms with Crippen LogP contribution >= 0.6 is 0 Å². The molecule has 0 unspecified atom stereocenters. The zero-order valence-electron chi connectivity index (χ0n) is 13.9. The van der Waals surface area contributed by atoms with Crippen LogP contribution in [0, 0.1) is 17.8 Å². The van der Waals surface area contributed by atoms with Crippen LogP contribution in [0.4, 0.5) is 0 Å². The Balaban J connectivity index is 1.46. The highest BCUT2D eigenvalue weighted by molar-refractivity contribution is 5.77. The predicted octanol–water partition coefficient (Wildman–Crippen LogP) is 3.19. The van der Waals surface area contributed by atoms with Crippen LogP contribution in [-0.2, 0) is 4.79 Å². The van der Waals surface area contributed by atoms with Gasteiger partial charge in [-0.25, -0.2) is 0 Å². The van der Waals surface area contributed by atoms with E-state index in [2.05, 4.69) is 24.2 Å². The van der Waals surface area contributed by atoms with Crippen LogP contribution in [0.15, 0.2) is 0 Å². The van der Waals surface area contributed by atoms with Gasteiger partial charge in [0.25, 0.3) is 0 Å². The number of unbranched alkanes of at least 4 members (excludes halogenated alkanes) is 1. The molecule has 120 valence electrons. The van der Waals surface area contributed by atoms with Crippen LogP contribution in [-0.4, -0.2) is 36.5 Å². The maximum absolute atomic E-state index is 12.4. The lowest BCUT2D eigenvalue weighted by Crippen LogP contribution is -2.60. The minimum Gasteiger partial charge on any atom is -0.351 e. The van der Waals surface area contributed by atoms with Crippen molar-refractivity contribution in [2.45, 2.75) is 70.3 Å². The van der Waals surface area contributed by atoms with E-state index in [1.165, 1.54) is 51.4 Å². The highest BCUT2D eigenvalue weighted by Crippen LogP contribution is 2.55. The summed E-state index contributed by atoms with van der Waals surface area (Å²) in [6.07, 6.45) is 11.2. The lowest BCUT2D eigenvalue weighted by molar-refractivity contribution is -0.127. The average molecular weight is 292 g/mol. The predicted molar refractivity (Wildman–Crippen MR) is 86.1 cm³/mol. The van der Waals surface area contributed by atoms with Gasteiger partial charge in [0.1, 0.15) is 0 Å². The van der Waals surface area contributed by atoms with Crippen LogP contribution in [0.25, 0.3) is 0 Å². The Kier molecular flexibility index (Phi) is 4.58. The third-order valence-corrected chi connectivity index (χ3v) is 6.06. The van der Waals surface area contributed by atoms with Crippen molar-refractivity contribution in [1.29, 1.82) is 0 Å². The van der Waals surface area contributed by atoms with E-state index >= 15 is 0 Å². The third kappa shape index (κ3) is 3.61. The molecule has 4 aliphatic rings. The largest absolute Gasteiger partial charge is 0.351 e. The topological polar surface area (TPSA) is 32.3 Å². The summed E-state index contributed by atoms with van der Waals surface area (Å²) < 4.78 is 0. The van der Waals surface area contributed by atoms with Crippen LogP contribution in [0.1, 0.15) is 64.7 Å². The molecule has 3 nitrogen and oxygen atoms in total. The molecule has 0 aliphatic heterocycles. The van der Waals surface area contributed by atoms with Crippen LogP contribution < -0.4 is 5.32 Å². The Hall–Kier alpha value is -0.570. The van der Waals surface area contributed by atoms with Gasteiger partial charge in [-0.1, -0.05) is 13.3 Å². The minimum absolute atomic E-state index is 0.188. The van der Waals surface area contributed by atoms with Crippen molar-refractivity contribution in [3.05, 3.63) is 0 Å². The number of nitrogens with zero attached hydrogens (tertiary/aromatic N) is 1. The Bertz CT molecular complexity index is 344. The van der Waals surface area contributed by atoms with Crippen molar-refractivity contribution in [3.8, 4) is 0 Å². The van der Waals surface area contributed by atoms with Gasteiger partial charge in [-0.3, -0.25) is 4.79 Å². The molecule has 1 N–H and O–H groups in total. The van der Waals surface area contributed by atoms with E-state index in [1.807, 2.05) is 0 Å². The maximum Gasteiger partial charge on any atom is 0.221 e. The normalized spacial score (nSPS) is 37.2. The first-order valence-corrected chi connectivity index (χ1v) is 9.08. The summed E-state index contributed by atoms with van der Waals surface area (Å²) in [6.45, 7) is 4.23. The Morgan fingerprint density at radius 3 is 2.19 bits per heavy atom. The van der Waals surface area contributed by atoms with E-state index < -0.39 is 0 Å². The van der Waals surface area contributed by atoms with Crippen LogP contribution in [0.2, 0.25) is 0 Å². The number of carbonyl (C=O) groups excluding carboxylic acids is 1. The molecular weight excluding hydrogens is 260 g/mol. The van der Waals surface area contributed by atoms with Crippen molar-refractivity contribution in [2.24, 2.45) is 17.8 Å². The van der Waals surface area contributed by atoms with Gasteiger partial charge in [-0.2, -0.15) is 0 Å². The second-order valence-electron chi connectivity index (χ2n) is 8.15. The van der Waals surface area contributed by atoms with E-state index in [0.29, 0.717) is 12.3 Å². The van der Waals surface area contributed by atoms with E-state index in [9.17, 15) is 4.79 Å². The summed E-state index contributed by atoms with van der Waals surface area (Å²) in [7, 11) is 2.13. The first-order valence-electron chi connectivity index (χ1n) is 9.08. The monoisotopic (exact) mass is 292 g/mol. The van der Waals surface area contributed by atoms with Gasteiger partial charge in [-0.15, -0.1) is 0 Å². The molecule has 0 spiro atoms. The molecule has 21 heavy (non-hydrogen) atoms. The van der Waals surface area contributed by atoms with Crippen molar-refractivity contribution in [3.63, 3.8) is 0 Å². The fraction of sp³-hybridized carbons (Fsp3) is 0.944. The Morgan fingerprint density at radius 2 is 1.67 bits per heavy atom. The molecule has 4 bridgehead atoms. The molecule has 0 atom stereocenters. The average Bonchev–Trinajstić information content (AvgIpc) is 2.40. The van der Waals surface area contributed by atoms with Gasteiger partial charge in [0.15, 0.2) is 0 Å². The number of carbonyl (C=O) groups is 1. The zero-order valence-corrected chi connectivity index (χ0v) is 13.9. The fourth-order valence-corrected chi connectivity index (χ4v) is 5.45.